The van der Waals surface area contributed by atoms with Gasteiger partial charge >= 0.3 is 5.76 Å². The summed E-state index contributed by atoms with van der Waals surface area (Å²) in [5.74, 6) is -0.533. The Morgan fingerprint density at radius 1 is 1.19 bits per heavy atom. The van der Waals surface area contributed by atoms with Crippen molar-refractivity contribution in [1.82, 2.24) is 9.29 Å². The molecule has 3 aromatic rings. The van der Waals surface area contributed by atoms with Gasteiger partial charge in [-0.05, 0) is 29.3 Å². The third-order valence-electron chi connectivity index (χ3n) is 5.23. The van der Waals surface area contributed by atoms with Crippen molar-refractivity contribution in [2.24, 2.45) is 7.05 Å². The highest BCUT2D eigenvalue weighted by molar-refractivity contribution is 7.89. The van der Waals surface area contributed by atoms with Crippen LogP contribution in [0.25, 0.3) is 11.1 Å². The number of aryl methyl sites for hydroxylation is 1. The molecule has 1 heterocycles. The van der Waals surface area contributed by atoms with E-state index >= 15 is 0 Å². The van der Waals surface area contributed by atoms with Crippen molar-refractivity contribution in [2.75, 3.05) is 13.7 Å². The van der Waals surface area contributed by atoms with Gasteiger partial charge < -0.3 is 9.15 Å². The molecule has 0 bridgehead atoms. The average Bonchev–Trinajstić information content (AvgIpc) is 3.18. The quantitative estimate of drug-likeness (QED) is 0.717. The lowest BCUT2D eigenvalue weighted by Crippen LogP contribution is -2.45. The maximum absolute atomic E-state index is 12.8. The van der Waals surface area contributed by atoms with Crippen LogP contribution in [0.3, 0.4) is 0 Å². The lowest BCUT2D eigenvalue weighted by molar-refractivity contribution is 0.00378. The number of hydrogen-bond acceptors (Lipinski definition) is 5. The van der Waals surface area contributed by atoms with Crippen molar-refractivity contribution in [3.8, 4) is 0 Å². The van der Waals surface area contributed by atoms with Gasteiger partial charge in [-0.25, -0.2) is 17.9 Å². The topological polar surface area (TPSA) is 90.5 Å². The van der Waals surface area contributed by atoms with Crippen molar-refractivity contribution in [3.05, 3.63) is 64.1 Å². The maximum Gasteiger partial charge on any atom is 0.419 e. The summed E-state index contributed by atoms with van der Waals surface area (Å²) in [7, 11) is -0.629. The van der Waals surface area contributed by atoms with Crippen LogP contribution in [0.1, 0.15) is 11.1 Å². The molecule has 1 aliphatic rings. The first-order valence-corrected chi connectivity index (χ1v) is 10.0. The molecule has 0 unspecified atom stereocenters. The van der Waals surface area contributed by atoms with Crippen LogP contribution in [0.15, 0.2) is 56.6 Å². The Labute approximate surface area is 156 Å². The van der Waals surface area contributed by atoms with Gasteiger partial charge in [0.05, 0.1) is 16.0 Å². The van der Waals surface area contributed by atoms with E-state index in [1.807, 2.05) is 24.3 Å². The largest absolute Gasteiger partial charge is 0.419 e. The number of rotatable bonds is 5. The Bertz CT molecular complexity index is 1150. The van der Waals surface area contributed by atoms with Crippen LogP contribution < -0.4 is 10.5 Å². The number of nitrogens with zero attached hydrogens (tertiary/aromatic N) is 1. The number of methoxy groups -OCH3 is 1. The van der Waals surface area contributed by atoms with E-state index in [2.05, 4.69) is 4.72 Å². The standard InChI is InChI=1S/C19H20N2O5S/c1-21-16-9-15(7-8-17(16)26-18(21)22)27(23,24)20-12-19(25-2)10-13-5-3-4-6-14(13)11-19/h3-9,20H,10-12H2,1-2H3. The van der Waals surface area contributed by atoms with Crippen molar-refractivity contribution in [2.45, 2.75) is 23.3 Å². The second kappa shape index (κ2) is 6.33. The van der Waals surface area contributed by atoms with Crippen LogP contribution in [0.4, 0.5) is 0 Å². The predicted octanol–water partition coefficient (Wildman–Crippen LogP) is 1.59. The van der Waals surface area contributed by atoms with E-state index < -0.39 is 21.4 Å². The van der Waals surface area contributed by atoms with Gasteiger partial charge in [0.15, 0.2) is 5.58 Å². The average molecular weight is 388 g/mol. The molecule has 1 aliphatic carbocycles. The molecule has 8 heteroatoms. The third-order valence-corrected chi connectivity index (χ3v) is 6.63. The summed E-state index contributed by atoms with van der Waals surface area (Å²) in [5.41, 5.74) is 2.52. The number of ether oxygens (including phenoxy) is 1. The van der Waals surface area contributed by atoms with Crippen LogP contribution in [0.2, 0.25) is 0 Å². The van der Waals surface area contributed by atoms with Gasteiger partial charge in [-0.1, -0.05) is 24.3 Å². The first-order valence-electron chi connectivity index (χ1n) is 8.55. The fourth-order valence-corrected chi connectivity index (χ4v) is 4.72. The van der Waals surface area contributed by atoms with Crippen LogP contribution in [-0.4, -0.2) is 32.2 Å². The zero-order valence-electron chi connectivity index (χ0n) is 15.1. The van der Waals surface area contributed by atoms with E-state index in [1.54, 1.807) is 7.11 Å². The second-order valence-electron chi connectivity index (χ2n) is 6.89. The molecule has 142 valence electrons. The first kappa shape index (κ1) is 18.0. The van der Waals surface area contributed by atoms with Crippen LogP contribution in [0.5, 0.6) is 0 Å². The first-order chi connectivity index (χ1) is 12.8. The van der Waals surface area contributed by atoms with E-state index in [-0.39, 0.29) is 11.4 Å². The zero-order chi connectivity index (χ0) is 19.2. The van der Waals surface area contributed by atoms with Crippen LogP contribution >= 0.6 is 0 Å². The minimum absolute atomic E-state index is 0.0770. The molecule has 0 saturated carbocycles. The van der Waals surface area contributed by atoms with E-state index in [1.165, 1.54) is 40.9 Å². The zero-order valence-corrected chi connectivity index (χ0v) is 15.9. The van der Waals surface area contributed by atoms with Crippen LogP contribution in [-0.2, 0) is 34.6 Å². The fourth-order valence-electron chi connectivity index (χ4n) is 3.58. The summed E-state index contributed by atoms with van der Waals surface area (Å²) in [5, 5.41) is 0. The molecule has 4 rings (SSSR count). The van der Waals surface area contributed by atoms with Crippen LogP contribution in [0, 0.1) is 0 Å². The molecule has 0 fully saturated rings. The minimum atomic E-state index is -3.77. The lowest BCUT2D eigenvalue weighted by Gasteiger charge is -2.27. The molecule has 0 amide bonds. The predicted molar refractivity (Wildman–Crippen MR) is 100 cm³/mol. The normalized spacial score (nSPS) is 15.9. The monoisotopic (exact) mass is 388 g/mol. The number of hydrogen-bond donors (Lipinski definition) is 1. The molecule has 0 spiro atoms. The second-order valence-corrected chi connectivity index (χ2v) is 8.66. The Kier molecular flexibility index (Phi) is 4.21. The Balaban J connectivity index is 1.59. The molecular weight excluding hydrogens is 368 g/mol. The number of benzene rings is 2. The van der Waals surface area contributed by atoms with E-state index in [4.69, 9.17) is 9.15 Å². The molecular formula is C19H20N2O5S. The summed E-state index contributed by atoms with van der Waals surface area (Å²) in [6.07, 6.45) is 1.30. The number of oxazole rings is 1. The van der Waals surface area contributed by atoms with Gasteiger partial charge in [0, 0.05) is 33.5 Å². The van der Waals surface area contributed by atoms with E-state index in [9.17, 15) is 13.2 Å². The van der Waals surface area contributed by atoms with Gasteiger partial charge in [-0.2, -0.15) is 0 Å². The fraction of sp³-hybridized carbons (Fsp3) is 0.316. The molecule has 0 atom stereocenters. The highest BCUT2D eigenvalue weighted by Crippen LogP contribution is 2.32. The van der Waals surface area contributed by atoms with Crippen molar-refractivity contribution < 1.29 is 17.6 Å². The molecule has 1 aromatic heterocycles. The molecule has 1 N–H and O–H groups in total. The number of nitrogens with one attached hydrogen (secondary N) is 1. The van der Waals surface area contributed by atoms with E-state index in [0.29, 0.717) is 23.9 Å². The van der Waals surface area contributed by atoms with E-state index in [0.717, 1.165) is 0 Å². The lowest BCUT2D eigenvalue weighted by atomic mass is 10.0. The highest BCUT2D eigenvalue weighted by Gasteiger charge is 2.38. The minimum Gasteiger partial charge on any atom is -0.408 e. The van der Waals surface area contributed by atoms with Gasteiger partial charge in [-0.3, -0.25) is 4.57 Å². The van der Waals surface area contributed by atoms with Crippen molar-refractivity contribution in [1.29, 1.82) is 0 Å². The number of fused-ring (bicyclic) bond motifs is 2. The summed E-state index contributed by atoms with van der Waals surface area (Å²) in [4.78, 5) is 11.7. The Morgan fingerprint density at radius 2 is 1.85 bits per heavy atom. The highest BCUT2D eigenvalue weighted by atomic mass is 32.2. The molecule has 0 aliphatic heterocycles. The summed E-state index contributed by atoms with van der Waals surface area (Å²) in [6, 6.07) is 12.4. The summed E-state index contributed by atoms with van der Waals surface area (Å²) in [6.45, 7) is 0.156. The molecule has 2 aromatic carbocycles. The summed E-state index contributed by atoms with van der Waals surface area (Å²) < 4.78 is 40.3. The number of sulfonamides is 1. The maximum atomic E-state index is 12.8. The van der Waals surface area contributed by atoms with Gasteiger partial charge in [0.1, 0.15) is 0 Å². The Hall–Kier alpha value is -2.42. The Morgan fingerprint density at radius 3 is 2.48 bits per heavy atom. The molecule has 27 heavy (non-hydrogen) atoms. The summed E-state index contributed by atoms with van der Waals surface area (Å²) >= 11 is 0. The number of aromatic nitrogens is 1. The smallest absolute Gasteiger partial charge is 0.408 e. The van der Waals surface area contributed by atoms with Gasteiger partial charge in [0.25, 0.3) is 0 Å². The van der Waals surface area contributed by atoms with Crippen molar-refractivity contribution in [3.63, 3.8) is 0 Å². The third kappa shape index (κ3) is 3.09. The molecule has 0 saturated heterocycles. The van der Waals surface area contributed by atoms with Gasteiger partial charge in [0.2, 0.25) is 10.0 Å². The van der Waals surface area contributed by atoms with Crippen molar-refractivity contribution >= 4 is 21.1 Å². The molecule has 7 nitrogen and oxygen atoms in total. The SMILES string of the molecule is COC1(CNS(=O)(=O)c2ccc3oc(=O)n(C)c3c2)Cc2ccccc2C1. The van der Waals surface area contributed by atoms with Gasteiger partial charge in [-0.15, -0.1) is 0 Å². The molecule has 0 radical (unpaired) electrons.